The van der Waals surface area contributed by atoms with Gasteiger partial charge in [-0.1, -0.05) is 0 Å². The van der Waals surface area contributed by atoms with Crippen molar-refractivity contribution in [3.8, 4) is 0 Å². The molecule has 0 aromatic heterocycles. The van der Waals surface area contributed by atoms with Gasteiger partial charge in [-0.3, -0.25) is 10.1 Å². The highest BCUT2D eigenvalue weighted by molar-refractivity contribution is 7.92. The third-order valence-corrected chi connectivity index (χ3v) is 3.75. The first-order valence-corrected chi connectivity index (χ1v) is 5.28. The molecule has 0 aliphatic carbocycles. The summed E-state index contributed by atoms with van der Waals surface area (Å²) in [6.07, 6.45) is 0.910. The molecule has 6 nitrogen and oxygen atoms in total. The number of nitrogens with two attached hydrogens (primary N) is 1. The van der Waals surface area contributed by atoms with Gasteiger partial charge in [0.05, 0.1) is 0 Å². The first-order valence-electron chi connectivity index (χ1n) is 3.39. The van der Waals surface area contributed by atoms with Gasteiger partial charge in [-0.25, -0.2) is 13.2 Å². The number of carbonyl (C=O) groups is 2. The third-order valence-electron chi connectivity index (χ3n) is 1.71. The Kier molecular flexibility index (Phi) is 3.04. The maximum Gasteiger partial charge on any atom is 0.318 e. The lowest BCUT2D eigenvalue weighted by Crippen LogP contribution is -2.50. The second-order valence-electron chi connectivity index (χ2n) is 3.10. The summed E-state index contributed by atoms with van der Waals surface area (Å²) in [5.41, 5.74) is 4.67. The Labute approximate surface area is 76.4 Å². The van der Waals surface area contributed by atoms with Gasteiger partial charge in [0.15, 0.2) is 9.84 Å². The van der Waals surface area contributed by atoms with Gasteiger partial charge in [-0.2, -0.15) is 0 Å². The van der Waals surface area contributed by atoms with Crippen molar-refractivity contribution in [1.29, 1.82) is 0 Å². The summed E-state index contributed by atoms with van der Waals surface area (Å²) in [4.78, 5) is 21.4. The fraction of sp³-hybridized carbons (Fsp3) is 0.667. The Bertz CT molecular complexity index is 331. The number of carbonyl (C=O) groups excluding carboxylic acids is 2. The number of primary amides is 1. The summed E-state index contributed by atoms with van der Waals surface area (Å²) in [5.74, 6) is -0.928. The molecule has 0 aromatic carbocycles. The van der Waals surface area contributed by atoms with Gasteiger partial charge in [-0.15, -0.1) is 0 Å². The highest BCUT2D eigenvalue weighted by Gasteiger charge is 2.38. The van der Waals surface area contributed by atoms with Crippen molar-refractivity contribution >= 4 is 21.8 Å². The standard InChI is InChI=1S/C6H12N2O4S/c1-6(2,13(3,11)12)4(9)8-5(7)10/h1-3H3,(H3,7,8,9,10). The highest BCUT2D eigenvalue weighted by Crippen LogP contribution is 2.14. The van der Waals surface area contributed by atoms with E-state index < -0.39 is 26.5 Å². The Morgan fingerprint density at radius 3 is 1.92 bits per heavy atom. The maximum atomic E-state index is 11.1. The van der Waals surface area contributed by atoms with E-state index in [0.717, 1.165) is 6.26 Å². The van der Waals surface area contributed by atoms with Gasteiger partial charge >= 0.3 is 6.03 Å². The molecule has 0 aliphatic heterocycles. The van der Waals surface area contributed by atoms with Gasteiger partial charge in [0.1, 0.15) is 4.75 Å². The lowest BCUT2D eigenvalue weighted by atomic mass is 10.2. The smallest absolute Gasteiger partial charge is 0.318 e. The van der Waals surface area contributed by atoms with Gasteiger partial charge in [0.2, 0.25) is 5.91 Å². The van der Waals surface area contributed by atoms with Crippen LogP contribution in [0.5, 0.6) is 0 Å². The average molecular weight is 208 g/mol. The van der Waals surface area contributed by atoms with Gasteiger partial charge in [0.25, 0.3) is 0 Å². The molecular formula is C6H12N2O4S. The van der Waals surface area contributed by atoms with E-state index in [4.69, 9.17) is 0 Å². The van der Waals surface area contributed by atoms with Crippen LogP contribution in [0.2, 0.25) is 0 Å². The van der Waals surface area contributed by atoms with Crippen LogP contribution in [-0.2, 0) is 14.6 Å². The quantitative estimate of drug-likeness (QED) is 0.607. The maximum absolute atomic E-state index is 11.1. The molecule has 0 bridgehead atoms. The SMILES string of the molecule is CC(C)(C(=O)NC(N)=O)S(C)(=O)=O. The van der Waals surface area contributed by atoms with Crippen LogP contribution in [0.1, 0.15) is 13.8 Å². The van der Waals surface area contributed by atoms with E-state index in [9.17, 15) is 18.0 Å². The Morgan fingerprint density at radius 2 is 1.69 bits per heavy atom. The molecule has 3 amide bonds. The van der Waals surface area contributed by atoms with Gasteiger partial charge in [-0.05, 0) is 13.8 Å². The predicted octanol–water partition coefficient (Wildman–Crippen LogP) is -0.995. The molecule has 13 heavy (non-hydrogen) atoms. The number of hydrogen-bond acceptors (Lipinski definition) is 4. The molecule has 0 aliphatic rings. The average Bonchev–Trinajstić information content (AvgIpc) is 1.82. The van der Waals surface area contributed by atoms with Crippen molar-refractivity contribution in [1.82, 2.24) is 5.32 Å². The molecule has 7 heteroatoms. The number of urea groups is 1. The van der Waals surface area contributed by atoms with E-state index in [1.54, 1.807) is 5.32 Å². The lowest BCUT2D eigenvalue weighted by Gasteiger charge is -2.19. The Hall–Kier alpha value is -1.11. The minimum absolute atomic E-state index is 0.910. The summed E-state index contributed by atoms with van der Waals surface area (Å²) in [5, 5.41) is 1.71. The first kappa shape index (κ1) is 11.9. The van der Waals surface area contributed by atoms with E-state index in [1.807, 2.05) is 0 Å². The van der Waals surface area contributed by atoms with E-state index in [-0.39, 0.29) is 0 Å². The number of rotatable bonds is 2. The molecular weight excluding hydrogens is 196 g/mol. The fourth-order valence-electron chi connectivity index (χ4n) is 0.431. The van der Waals surface area contributed by atoms with Gasteiger partial charge in [0, 0.05) is 6.26 Å². The number of amides is 3. The molecule has 0 unspecified atom stereocenters. The Morgan fingerprint density at radius 1 is 1.31 bits per heavy atom. The van der Waals surface area contributed by atoms with Crippen molar-refractivity contribution in [3.63, 3.8) is 0 Å². The number of imide groups is 1. The van der Waals surface area contributed by atoms with Crippen LogP contribution >= 0.6 is 0 Å². The zero-order valence-electron chi connectivity index (χ0n) is 7.62. The minimum atomic E-state index is -3.57. The van der Waals surface area contributed by atoms with Crippen LogP contribution < -0.4 is 11.1 Å². The second-order valence-corrected chi connectivity index (χ2v) is 5.67. The predicted molar refractivity (Wildman–Crippen MR) is 46.6 cm³/mol. The van der Waals surface area contributed by atoms with Crippen LogP contribution in [0.15, 0.2) is 0 Å². The molecule has 0 radical (unpaired) electrons. The van der Waals surface area contributed by atoms with Crippen molar-refractivity contribution in [2.75, 3.05) is 6.26 Å². The monoisotopic (exact) mass is 208 g/mol. The zero-order valence-corrected chi connectivity index (χ0v) is 8.44. The minimum Gasteiger partial charge on any atom is -0.351 e. The molecule has 0 saturated carbocycles. The van der Waals surface area contributed by atoms with Crippen molar-refractivity contribution < 1.29 is 18.0 Å². The summed E-state index contributed by atoms with van der Waals surface area (Å²) in [7, 11) is -3.57. The molecule has 0 heterocycles. The lowest BCUT2D eigenvalue weighted by molar-refractivity contribution is -0.121. The fourth-order valence-corrected chi connectivity index (χ4v) is 0.819. The molecule has 0 rings (SSSR count). The zero-order chi connectivity index (χ0) is 10.9. The summed E-state index contributed by atoms with van der Waals surface area (Å²) in [6, 6.07) is -1.07. The molecule has 0 fully saturated rings. The van der Waals surface area contributed by atoms with E-state index in [1.165, 1.54) is 13.8 Å². The van der Waals surface area contributed by atoms with Crippen molar-refractivity contribution in [2.45, 2.75) is 18.6 Å². The van der Waals surface area contributed by atoms with Crippen molar-refractivity contribution in [2.24, 2.45) is 5.73 Å². The Balaban J connectivity index is 4.87. The highest BCUT2D eigenvalue weighted by atomic mass is 32.2. The summed E-state index contributed by atoms with van der Waals surface area (Å²) >= 11 is 0. The second kappa shape index (κ2) is 3.33. The number of sulfone groups is 1. The number of hydrogen-bond donors (Lipinski definition) is 2. The van der Waals surface area contributed by atoms with Crippen LogP contribution in [0.3, 0.4) is 0 Å². The third kappa shape index (κ3) is 2.69. The first-order chi connectivity index (χ1) is 5.59. The van der Waals surface area contributed by atoms with Crippen molar-refractivity contribution in [3.05, 3.63) is 0 Å². The van der Waals surface area contributed by atoms with E-state index >= 15 is 0 Å². The molecule has 3 N–H and O–H groups in total. The molecule has 0 atom stereocenters. The largest absolute Gasteiger partial charge is 0.351 e. The molecule has 0 aromatic rings. The van der Waals surface area contributed by atoms with Crippen LogP contribution in [0, 0.1) is 0 Å². The topological polar surface area (TPSA) is 106 Å². The van der Waals surface area contributed by atoms with E-state index in [0.29, 0.717) is 0 Å². The summed E-state index contributed by atoms with van der Waals surface area (Å²) < 4.78 is 20.5. The van der Waals surface area contributed by atoms with Gasteiger partial charge < -0.3 is 5.73 Å². The normalized spacial score (nSPS) is 12.2. The molecule has 0 saturated heterocycles. The molecule has 0 spiro atoms. The number of nitrogens with one attached hydrogen (secondary N) is 1. The molecule has 76 valence electrons. The van der Waals surface area contributed by atoms with Crippen LogP contribution in [-0.4, -0.2) is 31.4 Å². The summed E-state index contributed by atoms with van der Waals surface area (Å²) in [6.45, 7) is 2.39. The van der Waals surface area contributed by atoms with Crippen LogP contribution in [0.4, 0.5) is 4.79 Å². The van der Waals surface area contributed by atoms with E-state index in [2.05, 4.69) is 5.73 Å². The van der Waals surface area contributed by atoms with Crippen LogP contribution in [0.25, 0.3) is 0 Å².